The number of ether oxygens (including phenoxy) is 2. The number of hydrogen-bond donors (Lipinski definition) is 1. The van der Waals surface area contributed by atoms with E-state index in [9.17, 15) is 18.3 Å². The first-order chi connectivity index (χ1) is 20.1. The summed E-state index contributed by atoms with van der Waals surface area (Å²) in [7, 11) is -2.23. The van der Waals surface area contributed by atoms with Gasteiger partial charge in [0.2, 0.25) is 15.9 Å². The molecule has 42 heavy (non-hydrogen) atoms. The first kappa shape index (κ1) is 28.4. The van der Waals surface area contributed by atoms with Gasteiger partial charge >= 0.3 is 5.97 Å². The van der Waals surface area contributed by atoms with Crippen molar-refractivity contribution >= 4 is 38.6 Å². The lowest BCUT2D eigenvalue weighted by atomic mass is 9.84. The number of hydrogen-bond acceptors (Lipinski definition) is 8. The monoisotopic (exact) mass is 611 g/mol. The van der Waals surface area contributed by atoms with E-state index >= 15 is 0 Å². The van der Waals surface area contributed by atoms with E-state index in [1.54, 1.807) is 4.68 Å². The number of halogens is 1. The van der Waals surface area contributed by atoms with Gasteiger partial charge in [0.1, 0.15) is 22.3 Å². The minimum absolute atomic E-state index is 0.00624. The molecule has 1 unspecified atom stereocenters. The van der Waals surface area contributed by atoms with Crippen molar-refractivity contribution in [2.75, 3.05) is 13.2 Å². The van der Waals surface area contributed by atoms with E-state index in [0.29, 0.717) is 36.3 Å². The van der Waals surface area contributed by atoms with Gasteiger partial charge in [0.05, 0.1) is 30.1 Å². The Labute approximate surface area is 248 Å². The summed E-state index contributed by atoms with van der Waals surface area (Å²) in [5.74, 6) is -0.794. The number of aliphatic carboxylic acids is 1. The maximum Gasteiger partial charge on any atom is 0.304 e. The van der Waals surface area contributed by atoms with E-state index in [4.69, 9.17) is 21.1 Å². The highest BCUT2D eigenvalue weighted by Crippen LogP contribution is 2.40. The van der Waals surface area contributed by atoms with Gasteiger partial charge in [0.15, 0.2) is 0 Å². The molecule has 0 amide bonds. The normalized spacial score (nSPS) is 18.5. The molecular formula is C29H30ClN5O6S. The largest absolute Gasteiger partial charge is 0.493 e. The predicted molar refractivity (Wildman–Crippen MR) is 155 cm³/mol. The van der Waals surface area contributed by atoms with Gasteiger partial charge in [-0.3, -0.25) is 4.79 Å². The van der Waals surface area contributed by atoms with Crippen LogP contribution in [0.15, 0.2) is 41.4 Å². The summed E-state index contributed by atoms with van der Waals surface area (Å²) in [5.41, 5.74) is 5.58. The number of nitrogens with zero attached hydrogens (tertiary/aromatic N) is 5. The highest BCUT2D eigenvalue weighted by molar-refractivity contribution is 7.89. The molecule has 2 aromatic carbocycles. The van der Waals surface area contributed by atoms with Crippen LogP contribution in [0.25, 0.3) is 11.0 Å². The van der Waals surface area contributed by atoms with E-state index in [0.717, 1.165) is 27.8 Å². The predicted octanol–water partition coefficient (Wildman–Crippen LogP) is 4.23. The fourth-order valence-corrected chi connectivity index (χ4v) is 7.61. The van der Waals surface area contributed by atoms with Gasteiger partial charge in [-0.25, -0.2) is 18.1 Å². The molecule has 0 saturated heterocycles. The molecule has 4 heterocycles. The Bertz CT molecular complexity index is 1830. The van der Waals surface area contributed by atoms with Crippen molar-refractivity contribution in [2.45, 2.75) is 56.6 Å². The SMILES string of the molecule is CC[C@@H]1CN(Cc2cc(C(CC(=O)O)c3ccc4c(nnn4C)c3C)cc3c2OCC3)S(=O)(=O)c2cc(Cl)cnc2O1. The number of carbonyl (C=O) groups is 1. The Morgan fingerprint density at radius 1 is 1.26 bits per heavy atom. The zero-order valence-corrected chi connectivity index (χ0v) is 24.9. The molecular weight excluding hydrogens is 582 g/mol. The molecule has 11 nitrogen and oxygen atoms in total. The van der Waals surface area contributed by atoms with Gasteiger partial charge in [-0.15, -0.1) is 5.10 Å². The Morgan fingerprint density at radius 3 is 2.83 bits per heavy atom. The van der Waals surface area contributed by atoms with E-state index < -0.39 is 28.0 Å². The van der Waals surface area contributed by atoms with Crippen molar-refractivity contribution in [3.05, 3.63) is 69.4 Å². The second-order valence-electron chi connectivity index (χ2n) is 10.7. The fourth-order valence-electron chi connectivity index (χ4n) is 5.84. The lowest BCUT2D eigenvalue weighted by Gasteiger charge is -2.25. The highest BCUT2D eigenvalue weighted by atomic mass is 35.5. The summed E-state index contributed by atoms with van der Waals surface area (Å²) >= 11 is 6.14. The molecule has 4 aromatic rings. The van der Waals surface area contributed by atoms with Gasteiger partial charge in [0, 0.05) is 37.7 Å². The van der Waals surface area contributed by atoms with Crippen LogP contribution in [0, 0.1) is 6.92 Å². The summed E-state index contributed by atoms with van der Waals surface area (Å²) in [6.45, 7) is 4.41. The molecule has 2 aliphatic heterocycles. The molecule has 2 aliphatic rings. The van der Waals surface area contributed by atoms with E-state index in [2.05, 4.69) is 15.3 Å². The first-order valence-electron chi connectivity index (χ1n) is 13.7. The van der Waals surface area contributed by atoms with Crippen LogP contribution < -0.4 is 9.47 Å². The molecule has 6 rings (SSSR count). The van der Waals surface area contributed by atoms with Crippen molar-refractivity contribution in [3.63, 3.8) is 0 Å². The van der Waals surface area contributed by atoms with Gasteiger partial charge in [-0.2, -0.15) is 4.31 Å². The Morgan fingerprint density at radius 2 is 2.07 bits per heavy atom. The van der Waals surface area contributed by atoms with Crippen molar-refractivity contribution in [2.24, 2.45) is 7.05 Å². The van der Waals surface area contributed by atoms with Gasteiger partial charge in [-0.1, -0.05) is 41.9 Å². The smallest absolute Gasteiger partial charge is 0.304 e. The van der Waals surface area contributed by atoms with Crippen LogP contribution in [0.5, 0.6) is 11.6 Å². The van der Waals surface area contributed by atoms with E-state index in [-0.39, 0.29) is 35.3 Å². The summed E-state index contributed by atoms with van der Waals surface area (Å²) in [5, 5.41) is 18.5. The van der Waals surface area contributed by atoms with Gasteiger partial charge in [0.25, 0.3) is 0 Å². The number of carboxylic acids is 1. The first-order valence-corrected chi connectivity index (χ1v) is 15.5. The number of aryl methyl sites for hydroxylation is 2. The molecule has 0 aliphatic carbocycles. The summed E-state index contributed by atoms with van der Waals surface area (Å²) in [6.07, 6.45) is 1.99. The summed E-state index contributed by atoms with van der Waals surface area (Å²) < 4.78 is 42.8. The third-order valence-electron chi connectivity index (χ3n) is 8.01. The number of carboxylic acid groups (broad SMARTS) is 1. The quantitative estimate of drug-likeness (QED) is 0.325. The van der Waals surface area contributed by atoms with Crippen LogP contribution in [0.4, 0.5) is 0 Å². The number of benzene rings is 2. The summed E-state index contributed by atoms with van der Waals surface area (Å²) in [4.78, 5) is 16.2. The molecule has 0 spiro atoms. The third kappa shape index (κ3) is 4.97. The van der Waals surface area contributed by atoms with Crippen molar-refractivity contribution < 1.29 is 27.8 Å². The second-order valence-corrected chi connectivity index (χ2v) is 13.0. The van der Waals surface area contributed by atoms with Gasteiger partial charge in [-0.05, 0) is 47.7 Å². The minimum atomic E-state index is -4.04. The zero-order chi connectivity index (χ0) is 29.8. The Hall–Kier alpha value is -3.74. The number of aromatic nitrogens is 4. The number of pyridine rings is 1. The molecule has 2 aromatic heterocycles. The van der Waals surface area contributed by atoms with E-state index in [1.807, 2.05) is 45.2 Å². The van der Waals surface area contributed by atoms with Crippen molar-refractivity contribution in [1.82, 2.24) is 24.3 Å². The molecule has 13 heteroatoms. The molecule has 1 N–H and O–H groups in total. The van der Waals surface area contributed by atoms with Crippen LogP contribution >= 0.6 is 11.6 Å². The maximum atomic E-state index is 13.9. The average molecular weight is 612 g/mol. The van der Waals surface area contributed by atoms with Crippen LogP contribution in [-0.2, 0) is 34.8 Å². The lowest BCUT2D eigenvalue weighted by Crippen LogP contribution is -2.36. The highest BCUT2D eigenvalue weighted by Gasteiger charge is 2.37. The van der Waals surface area contributed by atoms with Crippen LogP contribution in [0.1, 0.15) is 53.5 Å². The fraction of sp³-hybridized carbons (Fsp3) is 0.379. The maximum absolute atomic E-state index is 13.9. The minimum Gasteiger partial charge on any atom is -0.493 e. The summed E-state index contributed by atoms with van der Waals surface area (Å²) in [6, 6.07) is 9.03. The Balaban J connectivity index is 1.46. The lowest BCUT2D eigenvalue weighted by molar-refractivity contribution is -0.137. The van der Waals surface area contributed by atoms with Gasteiger partial charge < -0.3 is 14.6 Å². The number of rotatable bonds is 7. The Kier molecular flexibility index (Phi) is 7.32. The van der Waals surface area contributed by atoms with Crippen LogP contribution in [0.2, 0.25) is 5.02 Å². The van der Waals surface area contributed by atoms with Crippen molar-refractivity contribution in [3.8, 4) is 11.6 Å². The molecule has 0 saturated carbocycles. The average Bonchev–Trinajstić information content (AvgIpc) is 3.56. The molecule has 2 atom stereocenters. The second kappa shape index (κ2) is 10.8. The topological polar surface area (TPSA) is 137 Å². The van der Waals surface area contributed by atoms with E-state index in [1.165, 1.54) is 16.6 Å². The van der Waals surface area contributed by atoms with Crippen molar-refractivity contribution in [1.29, 1.82) is 0 Å². The zero-order valence-electron chi connectivity index (χ0n) is 23.4. The number of fused-ring (bicyclic) bond motifs is 3. The molecule has 220 valence electrons. The molecule has 0 fully saturated rings. The molecule has 0 bridgehead atoms. The van der Waals surface area contributed by atoms with Crippen LogP contribution in [-0.4, -0.2) is 63.0 Å². The standard InChI is InChI=1S/C29H30ClN5O6S/c1-4-21-15-35(42(38,39)25-11-20(30)13-31-29(25)41-21)14-19-10-18(9-17-7-8-40-28(17)19)23(12-26(36)37)22-5-6-24-27(16(22)2)32-33-34(24)3/h5-6,9-11,13,21,23H,4,7-8,12,14-15H2,1-3H3,(H,36,37)/t21-,23?/m1/s1. The third-order valence-corrected chi connectivity index (χ3v) is 10.0. The molecule has 0 radical (unpaired) electrons. The number of sulfonamides is 1. The van der Waals surface area contributed by atoms with Crippen LogP contribution in [0.3, 0.4) is 0 Å².